The minimum atomic E-state index is -0.872. The van der Waals surface area contributed by atoms with Crippen LogP contribution in [0, 0.1) is 6.92 Å². The maximum absolute atomic E-state index is 9.96. The molecule has 3 heteroatoms. The van der Waals surface area contributed by atoms with Crippen molar-refractivity contribution in [2.75, 3.05) is 6.61 Å². The number of ether oxygens (including phenoxy) is 1. The number of aliphatic carboxylic acids is 1. The first kappa shape index (κ1) is 8.43. The Bertz CT molecular complexity index is 90.3. The minimum Gasteiger partial charge on any atom is -0.481 e. The Balaban J connectivity index is 3.26. The molecule has 1 radical (unpaired) electrons. The molecular weight excluding hydrogens is 120 g/mol. The topological polar surface area (TPSA) is 46.5 Å². The molecule has 3 nitrogen and oxygen atoms in total. The fraction of sp³-hybridized carbons (Fsp3) is 0.667. The van der Waals surface area contributed by atoms with E-state index in [4.69, 9.17) is 9.84 Å². The highest BCUT2D eigenvalue weighted by Gasteiger charge is 2.05. The minimum absolute atomic E-state index is 0.0200. The Kier molecular flexibility index (Phi) is 4.05. The summed E-state index contributed by atoms with van der Waals surface area (Å²) < 4.78 is 4.86. The van der Waals surface area contributed by atoms with Crippen LogP contribution in [0.5, 0.6) is 0 Å². The van der Waals surface area contributed by atoms with Gasteiger partial charge in [0, 0.05) is 6.61 Å². The van der Waals surface area contributed by atoms with Gasteiger partial charge >= 0.3 is 5.97 Å². The Morgan fingerprint density at radius 2 is 2.44 bits per heavy atom. The van der Waals surface area contributed by atoms with Crippen LogP contribution >= 0.6 is 0 Å². The maximum atomic E-state index is 9.96. The van der Waals surface area contributed by atoms with Crippen LogP contribution in [-0.4, -0.2) is 23.8 Å². The molecule has 0 aromatic heterocycles. The van der Waals surface area contributed by atoms with Crippen molar-refractivity contribution >= 4 is 5.97 Å². The van der Waals surface area contributed by atoms with E-state index < -0.39 is 12.1 Å². The van der Waals surface area contributed by atoms with Crippen LogP contribution in [0.1, 0.15) is 13.3 Å². The smallest absolute Gasteiger partial charge is 0.305 e. The summed E-state index contributed by atoms with van der Waals surface area (Å²) in [5.41, 5.74) is 0. The lowest BCUT2D eigenvalue weighted by molar-refractivity contribution is -0.139. The SMILES string of the molecule is [CH2]C(CC(=O)O)OCC. The molecular formula is C6H11O3. The Hall–Kier alpha value is -0.570. The maximum Gasteiger partial charge on any atom is 0.305 e. The quantitative estimate of drug-likeness (QED) is 0.610. The third-order valence-corrected chi connectivity index (χ3v) is 0.805. The Labute approximate surface area is 54.6 Å². The van der Waals surface area contributed by atoms with Gasteiger partial charge in [0.05, 0.1) is 12.5 Å². The molecule has 0 rings (SSSR count). The van der Waals surface area contributed by atoms with Gasteiger partial charge in [-0.3, -0.25) is 4.79 Å². The van der Waals surface area contributed by atoms with E-state index in [0.29, 0.717) is 6.61 Å². The van der Waals surface area contributed by atoms with Gasteiger partial charge in [0.25, 0.3) is 0 Å². The number of hydrogen-bond acceptors (Lipinski definition) is 2. The summed E-state index contributed by atoms with van der Waals surface area (Å²) in [7, 11) is 0. The molecule has 0 saturated carbocycles. The van der Waals surface area contributed by atoms with E-state index in [1.54, 1.807) is 6.92 Å². The van der Waals surface area contributed by atoms with E-state index in [9.17, 15) is 4.79 Å². The van der Waals surface area contributed by atoms with E-state index in [1.807, 2.05) is 0 Å². The number of carbonyl (C=O) groups is 1. The highest BCUT2D eigenvalue weighted by atomic mass is 16.5. The molecule has 0 amide bonds. The molecule has 0 aliphatic heterocycles. The fourth-order valence-corrected chi connectivity index (χ4v) is 0.489. The zero-order valence-corrected chi connectivity index (χ0v) is 5.46. The predicted octanol–water partition coefficient (Wildman–Crippen LogP) is 0.700. The van der Waals surface area contributed by atoms with Gasteiger partial charge in [-0.1, -0.05) is 0 Å². The van der Waals surface area contributed by atoms with Crippen LogP contribution < -0.4 is 0 Å². The molecule has 1 unspecified atom stereocenters. The average Bonchev–Trinajstić information content (AvgIpc) is 1.63. The highest BCUT2D eigenvalue weighted by Crippen LogP contribution is 1.94. The van der Waals surface area contributed by atoms with Gasteiger partial charge in [-0.05, 0) is 13.8 Å². The second-order valence-corrected chi connectivity index (χ2v) is 1.68. The summed E-state index contributed by atoms with van der Waals surface area (Å²) in [5, 5.41) is 8.19. The van der Waals surface area contributed by atoms with Crippen molar-refractivity contribution in [1.82, 2.24) is 0 Å². The van der Waals surface area contributed by atoms with Gasteiger partial charge in [-0.2, -0.15) is 0 Å². The van der Waals surface area contributed by atoms with E-state index in [2.05, 4.69) is 6.92 Å². The van der Waals surface area contributed by atoms with Crippen LogP contribution in [-0.2, 0) is 9.53 Å². The fourth-order valence-electron chi connectivity index (χ4n) is 0.489. The molecule has 1 N–H and O–H groups in total. The Morgan fingerprint density at radius 1 is 1.89 bits per heavy atom. The van der Waals surface area contributed by atoms with Crippen molar-refractivity contribution < 1.29 is 14.6 Å². The van der Waals surface area contributed by atoms with Crippen LogP contribution in [0.25, 0.3) is 0 Å². The largest absolute Gasteiger partial charge is 0.481 e. The second kappa shape index (κ2) is 4.32. The molecule has 0 saturated heterocycles. The third-order valence-electron chi connectivity index (χ3n) is 0.805. The van der Waals surface area contributed by atoms with Crippen LogP contribution in [0.15, 0.2) is 0 Å². The molecule has 0 aliphatic carbocycles. The first-order chi connectivity index (χ1) is 4.16. The molecule has 0 aliphatic rings. The van der Waals surface area contributed by atoms with Crippen LogP contribution in [0.4, 0.5) is 0 Å². The van der Waals surface area contributed by atoms with Gasteiger partial charge in [0.15, 0.2) is 0 Å². The standard InChI is InChI=1S/C6H11O3/c1-3-9-5(2)4-6(7)8/h5H,2-4H2,1H3,(H,7,8). The number of rotatable bonds is 4. The van der Waals surface area contributed by atoms with E-state index in [0.717, 1.165) is 0 Å². The molecule has 0 bridgehead atoms. The average molecular weight is 131 g/mol. The molecule has 1 atom stereocenters. The second-order valence-electron chi connectivity index (χ2n) is 1.68. The zero-order valence-electron chi connectivity index (χ0n) is 5.46. The predicted molar refractivity (Wildman–Crippen MR) is 33.0 cm³/mol. The summed E-state index contributed by atoms with van der Waals surface area (Å²) in [6.07, 6.45) is -0.430. The van der Waals surface area contributed by atoms with E-state index in [-0.39, 0.29) is 6.42 Å². The summed E-state index contributed by atoms with van der Waals surface area (Å²) in [5.74, 6) is -0.872. The molecule has 0 fully saturated rings. The first-order valence-corrected chi connectivity index (χ1v) is 2.83. The normalized spacial score (nSPS) is 13.1. The monoisotopic (exact) mass is 131 g/mol. The van der Waals surface area contributed by atoms with Gasteiger partial charge in [-0.25, -0.2) is 0 Å². The van der Waals surface area contributed by atoms with E-state index in [1.165, 1.54) is 0 Å². The molecule has 0 aromatic carbocycles. The summed E-state index contributed by atoms with van der Waals surface area (Å²) >= 11 is 0. The van der Waals surface area contributed by atoms with Crippen molar-refractivity contribution in [2.24, 2.45) is 0 Å². The number of carboxylic acid groups (broad SMARTS) is 1. The lowest BCUT2D eigenvalue weighted by Crippen LogP contribution is -2.13. The van der Waals surface area contributed by atoms with Crippen LogP contribution in [0.2, 0.25) is 0 Å². The lowest BCUT2D eigenvalue weighted by Gasteiger charge is -2.06. The molecule has 0 aromatic rings. The summed E-state index contributed by atoms with van der Waals surface area (Å²) in [4.78, 5) is 9.96. The highest BCUT2D eigenvalue weighted by molar-refractivity contribution is 5.67. The van der Waals surface area contributed by atoms with E-state index >= 15 is 0 Å². The van der Waals surface area contributed by atoms with Crippen molar-refractivity contribution in [3.05, 3.63) is 6.92 Å². The summed E-state index contributed by atoms with van der Waals surface area (Å²) in [6, 6.07) is 0. The lowest BCUT2D eigenvalue weighted by atomic mass is 10.3. The molecule has 0 spiro atoms. The number of hydrogen-bond donors (Lipinski definition) is 1. The van der Waals surface area contributed by atoms with Crippen molar-refractivity contribution in [1.29, 1.82) is 0 Å². The van der Waals surface area contributed by atoms with Crippen molar-refractivity contribution in [3.8, 4) is 0 Å². The summed E-state index contributed by atoms with van der Waals surface area (Å²) in [6.45, 7) is 5.79. The molecule has 0 heterocycles. The molecule has 9 heavy (non-hydrogen) atoms. The van der Waals surface area contributed by atoms with Gasteiger partial charge < -0.3 is 9.84 Å². The zero-order chi connectivity index (χ0) is 7.28. The number of carboxylic acids is 1. The van der Waals surface area contributed by atoms with Gasteiger partial charge in [0.2, 0.25) is 0 Å². The first-order valence-electron chi connectivity index (χ1n) is 2.83. The van der Waals surface area contributed by atoms with Gasteiger partial charge in [0.1, 0.15) is 0 Å². The molecule has 53 valence electrons. The Morgan fingerprint density at radius 3 is 2.78 bits per heavy atom. The van der Waals surface area contributed by atoms with Gasteiger partial charge in [-0.15, -0.1) is 0 Å². The van der Waals surface area contributed by atoms with Crippen molar-refractivity contribution in [3.63, 3.8) is 0 Å². The third kappa shape index (κ3) is 5.30. The van der Waals surface area contributed by atoms with Crippen molar-refractivity contribution in [2.45, 2.75) is 19.4 Å². The van der Waals surface area contributed by atoms with Crippen LogP contribution in [0.3, 0.4) is 0 Å².